The first-order valence-corrected chi connectivity index (χ1v) is 10.1. The maximum Gasteiger partial charge on any atom is 0.308 e. The molecule has 0 aromatic heterocycles. The van der Waals surface area contributed by atoms with Crippen LogP contribution in [-0.4, -0.2) is 12.6 Å². The number of carbonyl (C=O) groups is 1. The molecule has 136 valence electrons. The molecule has 3 unspecified atom stereocenters. The van der Waals surface area contributed by atoms with Crippen LogP contribution in [0.4, 0.5) is 0 Å². The van der Waals surface area contributed by atoms with Crippen molar-refractivity contribution in [2.45, 2.75) is 92.4 Å². The van der Waals surface area contributed by atoms with Gasteiger partial charge in [0.25, 0.3) is 0 Å². The lowest BCUT2D eigenvalue weighted by molar-refractivity contribution is -0.149. The number of rotatable bonds is 10. The molecule has 0 aromatic carbocycles. The fraction of sp³-hybridized carbons (Fsp3) is 0.952. The summed E-state index contributed by atoms with van der Waals surface area (Å²) in [4.78, 5) is 12.1. The van der Waals surface area contributed by atoms with E-state index in [9.17, 15) is 4.79 Å². The Morgan fingerprint density at radius 3 is 2.30 bits per heavy atom. The average Bonchev–Trinajstić information content (AvgIpc) is 2.55. The fourth-order valence-corrected chi connectivity index (χ4v) is 3.72. The molecule has 1 fully saturated rings. The molecule has 0 N–H and O–H groups in total. The predicted molar refractivity (Wildman–Crippen MR) is 98.3 cm³/mol. The second-order valence-corrected chi connectivity index (χ2v) is 8.35. The molecule has 0 heterocycles. The summed E-state index contributed by atoms with van der Waals surface area (Å²) in [7, 11) is 0. The second kappa shape index (κ2) is 11.1. The van der Waals surface area contributed by atoms with E-state index in [1.807, 2.05) is 6.92 Å². The van der Waals surface area contributed by atoms with Gasteiger partial charge in [0, 0.05) is 0 Å². The van der Waals surface area contributed by atoms with Crippen LogP contribution in [-0.2, 0) is 9.53 Å². The van der Waals surface area contributed by atoms with E-state index in [0.29, 0.717) is 12.5 Å². The summed E-state index contributed by atoms with van der Waals surface area (Å²) in [6.07, 6.45) is 11.3. The van der Waals surface area contributed by atoms with Gasteiger partial charge in [-0.3, -0.25) is 4.79 Å². The average molecular weight is 325 g/mol. The smallest absolute Gasteiger partial charge is 0.308 e. The highest BCUT2D eigenvalue weighted by Crippen LogP contribution is 2.35. The van der Waals surface area contributed by atoms with Gasteiger partial charge in [0.05, 0.1) is 12.5 Å². The predicted octanol–water partition coefficient (Wildman–Crippen LogP) is 6.23. The van der Waals surface area contributed by atoms with Gasteiger partial charge in [-0.1, -0.05) is 60.3 Å². The molecule has 0 spiro atoms. The SMILES string of the molecule is CCCCC(C)COC(=O)C(C)CCC(C)C1CCC(C)CC1. The highest BCUT2D eigenvalue weighted by Gasteiger charge is 2.24. The quantitative estimate of drug-likeness (QED) is 0.445. The van der Waals surface area contributed by atoms with Gasteiger partial charge in [-0.25, -0.2) is 0 Å². The lowest BCUT2D eigenvalue weighted by Crippen LogP contribution is -2.22. The third-order valence-electron chi connectivity index (χ3n) is 5.88. The molecule has 0 saturated heterocycles. The molecule has 1 saturated carbocycles. The van der Waals surface area contributed by atoms with Gasteiger partial charge in [-0.15, -0.1) is 0 Å². The van der Waals surface area contributed by atoms with Gasteiger partial charge in [-0.05, 0) is 55.8 Å². The molecular weight excluding hydrogens is 284 g/mol. The van der Waals surface area contributed by atoms with Crippen LogP contribution in [0.5, 0.6) is 0 Å². The van der Waals surface area contributed by atoms with E-state index in [0.717, 1.165) is 30.6 Å². The van der Waals surface area contributed by atoms with Crippen LogP contribution in [0.15, 0.2) is 0 Å². The number of hydrogen-bond acceptors (Lipinski definition) is 2. The van der Waals surface area contributed by atoms with Gasteiger partial charge in [0.1, 0.15) is 0 Å². The van der Waals surface area contributed by atoms with Crippen molar-refractivity contribution in [2.75, 3.05) is 6.61 Å². The molecule has 0 amide bonds. The summed E-state index contributed by atoms with van der Waals surface area (Å²) >= 11 is 0. The molecule has 3 atom stereocenters. The van der Waals surface area contributed by atoms with Crippen molar-refractivity contribution in [2.24, 2.45) is 29.6 Å². The fourth-order valence-electron chi connectivity index (χ4n) is 3.72. The number of carbonyl (C=O) groups excluding carboxylic acids is 1. The molecule has 0 aliphatic heterocycles. The Kier molecular flexibility index (Phi) is 9.90. The van der Waals surface area contributed by atoms with Crippen molar-refractivity contribution < 1.29 is 9.53 Å². The maximum absolute atomic E-state index is 12.1. The normalized spacial score (nSPS) is 25.6. The first-order valence-electron chi connectivity index (χ1n) is 10.1. The van der Waals surface area contributed by atoms with Crippen molar-refractivity contribution in [1.29, 1.82) is 0 Å². The first kappa shape index (κ1) is 20.5. The van der Waals surface area contributed by atoms with Gasteiger partial charge < -0.3 is 4.74 Å². The minimum atomic E-state index is 0.0119. The lowest BCUT2D eigenvalue weighted by Gasteiger charge is -2.31. The van der Waals surface area contributed by atoms with Gasteiger partial charge in [0.15, 0.2) is 0 Å². The van der Waals surface area contributed by atoms with Crippen LogP contribution in [0.25, 0.3) is 0 Å². The number of hydrogen-bond donors (Lipinski definition) is 0. The standard InChI is InChI=1S/C21H40O2/c1-6-7-8-17(3)15-23-21(22)19(5)12-11-18(4)20-13-9-16(2)10-14-20/h16-20H,6-15H2,1-5H3. The van der Waals surface area contributed by atoms with Crippen molar-refractivity contribution >= 4 is 5.97 Å². The number of ether oxygens (including phenoxy) is 1. The van der Waals surface area contributed by atoms with Crippen LogP contribution in [0.1, 0.15) is 92.4 Å². The van der Waals surface area contributed by atoms with E-state index < -0.39 is 0 Å². The zero-order valence-electron chi connectivity index (χ0n) is 16.3. The molecule has 2 heteroatoms. The minimum Gasteiger partial charge on any atom is -0.465 e. The maximum atomic E-state index is 12.1. The van der Waals surface area contributed by atoms with Crippen molar-refractivity contribution in [3.05, 3.63) is 0 Å². The van der Waals surface area contributed by atoms with Crippen molar-refractivity contribution in [3.8, 4) is 0 Å². The molecule has 1 aliphatic carbocycles. The van der Waals surface area contributed by atoms with Gasteiger partial charge in [0.2, 0.25) is 0 Å². The largest absolute Gasteiger partial charge is 0.465 e. The van der Waals surface area contributed by atoms with Crippen LogP contribution in [0, 0.1) is 29.6 Å². The van der Waals surface area contributed by atoms with Gasteiger partial charge in [-0.2, -0.15) is 0 Å². The molecule has 0 bridgehead atoms. The van der Waals surface area contributed by atoms with Crippen LogP contribution >= 0.6 is 0 Å². The van der Waals surface area contributed by atoms with E-state index in [4.69, 9.17) is 4.74 Å². The van der Waals surface area contributed by atoms with E-state index in [1.54, 1.807) is 0 Å². The summed E-state index contributed by atoms with van der Waals surface area (Å²) in [6, 6.07) is 0. The van der Waals surface area contributed by atoms with Crippen LogP contribution in [0.3, 0.4) is 0 Å². The summed E-state index contributed by atoms with van der Waals surface area (Å²) in [5.74, 6) is 3.11. The summed E-state index contributed by atoms with van der Waals surface area (Å²) in [5, 5.41) is 0. The van der Waals surface area contributed by atoms with Crippen LogP contribution in [0.2, 0.25) is 0 Å². The Labute approximate surface area is 144 Å². The first-order chi connectivity index (χ1) is 10.9. The molecule has 1 aliphatic rings. The third kappa shape index (κ3) is 8.22. The Balaban J connectivity index is 2.19. The highest BCUT2D eigenvalue weighted by molar-refractivity contribution is 5.71. The number of unbranched alkanes of at least 4 members (excludes halogenated alkanes) is 1. The van der Waals surface area contributed by atoms with E-state index in [-0.39, 0.29) is 11.9 Å². The molecule has 1 rings (SSSR count). The summed E-state index contributed by atoms with van der Waals surface area (Å²) in [6.45, 7) is 11.8. The summed E-state index contributed by atoms with van der Waals surface area (Å²) < 4.78 is 5.52. The Hall–Kier alpha value is -0.530. The van der Waals surface area contributed by atoms with Gasteiger partial charge >= 0.3 is 5.97 Å². The molecule has 23 heavy (non-hydrogen) atoms. The van der Waals surface area contributed by atoms with Crippen molar-refractivity contribution in [3.63, 3.8) is 0 Å². The Morgan fingerprint density at radius 1 is 1.04 bits per heavy atom. The zero-order valence-corrected chi connectivity index (χ0v) is 16.3. The van der Waals surface area contributed by atoms with E-state index >= 15 is 0 Å². The Morgan fingerprint density at radius 2 is 1.70 bits per heavy atom. The van der Waals surface area contributed by atoms with Crippen LogP contribution < -0.4 is 0 Å². The zero-order chi connectivity index (χ0) is 17.2. The second-order valence-electron chi connectivity index (χ2n) is 8.35. The van der Waals surface area contributed by atoms with Crippen molar-refractivity contribution in [1.82, 2.24) is 0 Å². The number of esters is 1. The highest BCUT2D eigenvalue weighted by atomic mass is 16.5. The molecule has 0 aromatic rings. The third-order valence-corrected chi connectivity index (χ3v) is 5.88. The van der Waals surface area contributed by atoms with E-state index in [2.05, 4.69) is 27.7 Å². The molecular formula is C21H40O2. The molecule has 2 nitrogen and oxygen atoms in total. The molecule has 0 radical (unpaired) electrons. The van der Waals surface area contributed by atoms with E-state index in [1.165, 1.54) is 44.9 Å². The monoisotopic (exact) mass is 324 g/mol. The summed E-state index contributed by atoms with van der Waals surface area (Å²) in [5.41, 5.74) is 0. The Bertz CT molecular complexity index is 318. The lowest BCUT2D eigenvalue weighted by atomic mass is 9.75. The topological polar surface area (TPSA) is 26.3 Å². The minimum absolute atomic E-state index is 0.0119.